The Morgan fingerprint density at radius 2 is 2.28 bits per heavy atom. The van der Waals surface area contributed by atoms with Crippen LogP contribution in [0.1, 0.15) is 18.1 Å². The lowest BCUT2D eigenvalue weighted by atomic mass is 10.1. The summed E-state index contributed by atoms with van der Waals surface area (Å²) in [5, 5.41) is 2.81. The quantitative estimate of drug-likeness (QED) is 0.827. The molecule has 4 nitrogen and oxygen atoms in total. The Morgan fingerprint density at radius 3 is 3.00 bits per heavy atom. The second-order valence-corrected chi connectivity index (χ2v) is 4.55. The maximum atomic E-state index is 13.3. The van der Waals surface area contributed by atoms with E-state index in [0.717, 1.165) is 17.7 Å². The number of nitrogens with one attached hydrogen (secondary N) is 1. The average Bonchev–Trinajstić information content (AvgIpc) is 2.35. The molecule has 0 radical (unpaired) electrons. The van der Waals surface area contributed by atoms with E-state index in [0.29, 0.717) is 19.6 Å². The molecule has 5 heteroatoms. The number of carbonyl (C=O) groups excluding carboxylic acids is 1. The van der Waals surface area contributed by atoms with Gasteiger partial charge in [-0.3, -0.25) is 9.69 Å². The van der Waals surface area contributed by atoms with Crippen LogP contribution in [0.15, 0.2) is 18.2 Å². The first-order valence-electron chi connectivity index (χ1n) is 6.11. The highest BCUT2D eigenvalue weighted by atomic mass is 19.1. The van der Waals surface area contributed by atoms with E-state index in [2.05, 4.69) is 5.32 Å². The molecule has 1 aromatic carbocycles. The number of hydrogen-bond donors (Lipinski definition) is 2. The molecule has 1 atom stereocenters. The highest BCUT2D eigenvalue weighted by Gasteiger charge is 2.25. The molecule has 1 unspecified atom stereocenters. The molecule has 0 saturated carbocycles. The van der Waals surface area contributed by atoms with Gasteiger partial charge in [-0.05, 0) is 30.2 Å². The van der Waals surface area contributed by atoms with Gasteiger partial charge in [-0.15, -0.1) is 0 Å². The topological polar surface area (TPSA) is 58.4 Å². The predicted molar refractivity (Wildman–Crippen MR) is 67.2 cm³/mol. The number of benzene rings is 1. The molecule has 18 heavy (non-hydrogen) atoms. The maximum Gasteiger partial charge on any atom is 0.237 e. The molecular formula is C13H18FN3O. The van der Waals surface area contributed by atoms with Crippen LogP contribution in [0.5, 0.6) is 0 Å². The minimum Gasteiger partial charge on any atom is -0.353 e. The Hall–Kier alpha value is -1.46. The zero-order valence-corrected chi connectivity index (χ0v) is 10.4. The zero-order chi connectivity index (χ0) is 13.1. The molecule has 1 aliphatic rings. The fourth-order valence-corrected chi connectivity index (χ4v) is 2.21. The van der Waals surface area contributed by atoms with Crippen molar-refractivity contribution in [1.29, 1.82) is 0 Å². The molecule has 1 saturated heterocycles. The number of rotatable bonds is 3. The Bertz CT molecular complexity index is 450. The number of amides is 1. The number of nitrogens with zero attached hydrogens (tertiary/aromatic N) is 1. The summed E-state index contributed by atoms with van der Waals surface area (Å²) in [5.41, 5.74) is 7.43. The van der Waals surface area contributed by atoms with E-state index in [4.69, 9.17) is 5.73 Å². The van der Waals surface area contributed by atoms with Gasteiger partial charge in [0.05, 0.1) is 6.04 Å². The van der Waals surface area contributed by atoms with Crippen LogP contribution in [0.2, 0.25) is 0 Å². The van der Waals surface area contributed by atoms with Gasteiger partial charge in [0.15, 0.2) is 0 Å². The van der Waals surface area contributed by atoms with Crippen LogP contribution < -0.4 is 11.1 Å². The number of carbonyl (C=O) groups is 1. The first-order valence-corrected chi connectivity index (χ1v) is 6.11. The van der Waals surface area contributed by atoms with Crippen molar-refractivity contribution < 1.29 is 9.18 Å². The van der Waals surface area contributed by atoms with Gasteiger partial charge in [-0.1, -0.05) is 6.07 Å². The third kappa shape index (κ3) is 2.68. The molecule has 0 spiro atoms. The third-order valence-electron chi connectivity index (χ3n) is 3.39. The van der Waals surface area contributed by atoms with Gasteiger partial charge >= 0.3 is 0 Å². The summed E-state index contributed by atoms with van der Waals surface area (Å²) < 4.78 is 13.3. The second-order valence-electron chi connectivity index (χ2n) is 4.55. The fourth-order valence-electron chi connectivity index (χ4n) is 2.21. The average molecular weight is 251 g/mol. The third-order valence-corrected chi connectivity index (χ3v) is 3.39. The highest BCUT2D eigenvalue weighted by Crippen LogP contribution is 2.16. The van der Waals surface area contributed by atoms with Crippen molar-refractivity contribution in [2.24, 2.45) is 5.73 Å². The monoisotopic (exact) mass is 251 g/mol. The van der Waals surface area contributed by atoms with Crippen molar-refractivity contribution in [3.05, 3.63) is 35.1 Å². The number of halogens is 1. The minimum absolute atomic E-state index is 0.0203. The molecule has 98 valence electrons. The van der Waals surface area contributed by atoms with Crippen LogP contribution in [-0.4, -0.2) is 29.9 Å². The molecule has 1 aliphatic heterocycles. The van der Waals surface area contributed by atoms with Gasteiger partial charge < -0.3 is 11.1 Å². The first-order chi connectivity index (χ1) is 8.61. The van der Waals surface area contributed by atoms with Crippen LogP contribution in [0.4, 0.5) is 4.39 Å². The maximum absolute atomic E-state index is 13.3. The van der Waals surface area contributed by atoms with Crippen molar-refractivity contribution in [1.82, 2.24) is 10.2 Å². The van der Waals surface area contributed by atoms with Crippen molar-refractivity contribution in [2.45, 2.75) is 26.1 Å². The molecule has 0 aromatic heterocycles. The summed E-state index contributed by atoms with van der Waals surface area (Å²) in [6.07, 6.45) is 0. The molecule has 3 N–H and O–H groups in total. The van der Waals surface area contributed by atoms with Crippen molar-refractivity contribution >= 4 is 5.91 Å². The Morgan fingerprint density at radius 1 is 1.50 bits per heavy atom. The molecule has 1 fully saturated rings. The van der Waals surface area contributed by atoms with Crippen LogP contribution in [0.25, 0.3) is 0 Å². The minimum atomic E-state index is -0.267. The van der Waals surface area contributed by atoms with E-state index in [9.17, 15) is 9.18 Å². The molecule has 1 heterocycles. The fraction of sp³-hybridized carbons (Fsp3) is 0.462. The summed E-state index contributed by atoms with van der Waals surface area (Å²) in [6.45, 7) is 4.20. The number of piperazine rings is 1. The Labute approximate surface area is 106 Å². The Balaban J connectivity index is 2.17. The van der Waals surface area contributed by atoms with Gasteiger partial charge in [0.2, 0.25) is 5.91 Å². The normalized spacial score (nSPS) is 20.8. The van der Waals surface area contributed by atoms with Crippen LogP contribution in [0, 0.1) is 5.82 Å². The molecule has 0 bridgehead atoms. The second kappa shape index (κ2) is 5.46. The van der Waals surface area contributed by atoms with Crippen LogP contribution >= 0.6 is 0 Å². The number of nitrogens with two attached hydrogens (primary N) is 1. The largest absolute Gasteiger partial charge is 0.353 e. The van der Waals surface area contributed by atoms with E-state index in [1.54, 1.807) is 6.07 Å². The summed E-state index contributed by atoms with van der Waals surface area (Å²) in [5.74, 6) is -0.247. The van der Waals surface area contributed by atoms with Crippen LogP contribution in [0.3, 0.4) is 0 Å². The van der Waals surface area contributed by atoms with Crippen molar-refractivity contribution in [3.8, 4) is 0 Å². The molecular weight excluding hydrogens is 233 g/mol. The van der Waals surface area contributed by atoms with E-state index in [-0.39, 0.29) is 17.8 Å². The lowest BCUT2D eigenvalue weighted by molar-refractivity contribution is -0.128. The summed E-state index contributed by atoms with van der Waals surface area (Å²) in [6, 6.07) is 4.44. The summed E-state index contributed by atoms with van der Waals surface area (Å²) in [4.78, 5) is 13.6. The van der Waals surface area contributed by atoms with E-state index >= 15 is 0 Å². The van der Waals surface area contributed by atoms with Gasteiger partial charge in [0.1, 0.15) is 5.82 Å². The first kappa shape index (κ1) is 13.0. The van der Waals surface area contributed by atoms with Crippen molar-refractivity contribution in [2.75, 3.05) is 13.1 Å². The lowest BCUT2D eigenvalue weighted by Gasteiger charge is -2.33. The van der Waals surface area contributed by atoms with Gasteiger partial charge in [0, 0.05) is 26.2 Å². The summed E-state index contributed by atoms with van der Waals surface area (Å²) in [7, 11) is 0. The molecule has 1 amide bonds. The summed E-state index contributed by atoms with van der Waals surface area (Å²) >= 11 is 0. The number of hydrogen-bond acceptors (Lipinski definition) is 3. The van der Waals surface area contributed by atoms with Crippen LogP contribution in [-0.2, 0) is 17.9 Å². The van der Waals surface area contributed by atoms with Gasteiger partial charge in [0.25, 0.3) is 0 Å². The molecule has 2 rings (SSSR count). The van der Waals surface area contributed by atoms with Crippen molar-refractivity contribution in [3.63, 3.8) is 0 Å². The molecule has 1 aromatic rings. The SMILES string of the molecule is CC1C(=O)NCCN1Cc1cc(F)ccc1CN. The van der Waals surface area contributed by atoms with E-state index in [1.165, 1.54) is 12.1 Å². The van der Waals surface area contributed by atoms with E-state index in [1.807, 2.05) is 11.8 Å². The predicted octanol–water partition coefficient (Wildman–Crippen LogP) is 0.605. The molecule has 0 aliphatic carbocycles. The van der Waals surface area contributed by atoms with Gasteiger partial charge in [-0.25, -0.2) is 4.39 Å². The van der Waals surface area contributed by atoms with Gasteiger partial charge in [-0.2, -0.15) is 0 Å². The lowest BCUT2D eigenvalue weighted by Crippen LogP contribution is -2.53. The zero-order valence-electron chi connectivity index (χ0n) is 10.4. The smallest absolute Gasteiger partial charge is 0.237 e. The highest BCUT2D eigenvalue weighted by molar-refractivity contribution is 5.81. The standard InChI is InChI=1S/C13H18FN3O/c1-9-13(18)16-4-5-17(9)8-11-6-12(14)3-2-10(11)7-15/h2-3,6,9H,4-5,7-8,15H2,1H3,(H,16,18). The Kier molecular flexibility index (Phi) is 3.93. The van der Waals surface area contributed by atoms with E-state index < -0.39 is 0 Å².